The van der Waals surface area contributed by atoms with E-state index in [1.54, 1.807) is 29.7 Å². The van der Waals surface area contributed by atoms with Crippen LogP contribution in [0.25, 0.3) is 0 Å². The Morgan fingerprint density at radius 1 is 1.57 bits per heavy atom. The number of likely N-dealkylation sites (tertiary alicyclic amines) is 1. The summed E-state index contributed by atoms with van der Waals surface area (Å²) >= 11 is 1.58. The van der Waals surface area contributed by atoms with E-state index in [-0.39, 0.29) is 11.9 Å². The molecule has 1 amide bonds. The summed E-state index contributed by atoms with van der Waals surface area (Å²) in [7, 11) is 0. The van der Waals surface area contributed by atoms with Gasteiger partial charge < -0.3 is 14.4 Å². The minimum atomic E-state index is -0.653. The molecule has 0 radical (unpaired) electrons. The Balaban J connectivity index is 1.71. The SMILES string of the molecule is CCc1cc(C(=O)N2CCCC2CC(O)c2ccco2)sc1C. The Morgan fingerprint density at radius 3 is 3.04 bits per heavy atom. The fourth-order valence-electron chi connectivity index (χ4n) is 3.32. The van der Waals surface area contributed by atoms with Gasteiger partial charge in [-0.15, -0.1) is 11.3 Å². The Hall–Kier alpha value is -1.59. The third kappa shape index (κ3) is 3.35. The Bertz CT molecular complexity index is 662. The van der Waals surface area contributed by atoms with E-state index in [0.717, 1.165) is 30.7 Å². The third-order valence-corrected chi connectivity index (χ3v) is 5.70. The van der Waals surface area contributed by atoms with Crippen LogP contribution in [0.4, 0.5) is 0 Å². The lowest BCUT2D eigenvalue weighted by Crippen LogP contribution is -2.36. The van der Waals surface area contributed by atoms with Crippen molar-refractivity contribution in [2.75, 3.05) is 6.54 Å². The molecule has 2 aromatic rings. The van der Waals surface area contributed by atoms with Gasteiger partial charge in [0.05, 0.1) is 11.1 Å². The van der Waals surface area contributed by atoms with Crippen LogP contribution in [-0.4, -0.2) is 28.5 Å². The van der Waals surface area contributed by atoms with Crippen molar-refractivity contribution < 1.29 is 14.3 Å². The summed E-state index contributed by atoms with van der Waals surface area (Å²) in [5.41, 5.74) is 1.25. The topological polar surface area (TPSA) is 53.7 Å². The zero-order valence-corrected chi connectivity index (χ0v) is 14.4. The molecule has 0 saturated carbocycles. The van der Waals surface area contributed by atoms with Crippen molar-refractivity contribution in [3.8, 4) is 0 Å². The molecule has 0 bridgehead atoms. The predicted molar refractivity (Wildman–Crippen MR) is 90.8 cm³/mol. The van der Waals surface area contributed by atoms with E-state index in [1.807, 2.05) is 11.0 Å². The standard InChI is InChI=1S/C18H23NO3S/c1-3-13-10-17(23-12(13)2)18(21)19-8-4-6-14(19)11-15(20)16-7-5-9-22-16/h5,7,9-10,14-15,20H,3-4,6,8,11H2,1-2H3. The second-order valence-electron chi connectivity index (χ2n) is 6.11. The molecule has 1 aliphatic rings. The van der Waals surface area contributed by atoms with Gasteiger partial charge in [-0.25, -0.2) is 0 Å². The average molecular weight is 333 g/mol. The van der Waals surface area contributed by atoms with Gasteiger partial charge in [0.15, 0.2) is 0 Å². The van der Waals surface area contributed by atoms with Crippen LogP contribution < -0.4 is 0 Å². The summed E-state index contributed by atoms with van der Waals surface area (Å²) in [5.74, 6) is 0.677. The third-order valence-electron chi connectivity index (χ3n) is 4.62. The smallest absolute Gasteiger partial charge is 0.264 e. The number of thiophene rings is 1. The lowest BCUT2D eigenvalue weighted by atomic mass is 10.0. The highest BCUT2D eigenvalue weighted by Gasteiger charge is 2.32. The average Bonchev–Trinajstić information content (AvgIpc) is 3.26. The maximum absolute atomic E-state index is 12.8. The first-order chi connectivity index (χ1) is 11.1. The van der Waals surface area contributed by atoms with Gasteiger partial charge in [-0.1, -0.05) is 6.92 Å². The summed E-state index contributed by atoms with van der Waals surface area (Å²) in [6.45, 7) is 4.96. The molecule has 124 valence electrons. The van der Waals surface area contributed by atoms with Crippen LogP contribution in [0, 0.1) is 6.92 Å². The number of carbonyl (C=O) groups is 1. The molecule has 4 nitrogen and oxygen atoms in total. The van der Waals surface area contributed by atoms with Gasteiger partial charge in [-0.3, -0.25) is 4.79 Å². The highest BCUT2D eigenvalue weighted by Crippen LogP contribution is 2.31. The number of furan rings is 1. The first-order valence-corrected chi connectivity index (χ1v) is 9.03. The van der Waals surface area contributed by atoms with E-state index < -0.39 is 6.10 Å². The largest absolute Gasteiger partial charge is 0.467 e. The maximum Gasteiger partial charge on any atom is 0.264 e. The van der Waals surface area contributed by atoms with Crippen molar-refractivity contribution in [2.45, 2.75) is 51.7 Å². The molecule has 2 aromatic heterocycles. The number of rotatable bonds is 5. The van der Waals surface area contributed by atoms with Gasteiger partial charge in [0.25, 0.3) is 5.91 Å². The quantitative estimate of drug-likeness (QED) is 0.901. The summed E-state index contributed by atoms with van der Waals surface area (Å²) in [5, 5.41) is 10.3. The summed E-state index contributed by atoms with van der Waals surface area (Å²) in [6.07, 6.45) is 4.33. The number of carbonyl (C=O) groups excluding carboxylic acids is 1. The number of amides is 1. The molecule has 1 fully saturated rings. The van der Waals surface area contributed by atoms with E-state index in [4.69, 9.17) is 4.42 Å². The number of aliphatic hydroxyl groups is 1. The number of hydrogen-bond acceptors (Lipinski definition) is 4. The van der Waals surface area contributed by atoms with Crippen molar-refractivity contribution in [3.63, 3.8) is 0 Å². The molecule has 2 atom stereocenters. The van der Waals surface area contributed by atoms with Gasteiger partial charge in [0.1, 0.15) is 11.9 Å². The second-order valence-corrected chi connectivity index (χ2v) is 7.36. The van der Waals surface area contributed by atoms with Crippen LogP contribution in [0.5, 0.6) is 0 Å². The van der Waals surface area contributed by atoms with Crippen molar-refractivity contribution in [2.24, 2.45) is 0 Å². The zero-order chi connectivity index (χ0) is 16.4. The normalized spacial score (nSPS) is 19.3. The van der Waals surface area contributed by atoms with Crippen LogP contribution in [0.2, 0.25) is 0 Å². The first kappa shape index (κ1) is 16.3. The molecule has 0 aliphatic carbocycles. The highest BCUT2D eigenvalue weighted by atomic mass is 32.1. The van der Waals surface area contributed by atoms with Crippen LogP contribution in [-0.2, 0) is 6.42 Å². The fourth-order valence-corrected chi connectivity index (χ4v) is 4.39. The van der Waals surface area contributed by atoms with E-state index in [2.05, 4.69) is 13.8 Å². The molecular weight excluding hydrogens is 310 g/mol. The van der Waals surface area contributed by atoms with E-state index in [1.165, 1.54) is 10.4 Å². The molecule has 2 unspecified atom stereocenters. The Labute approximate surface area is 140 Å². The molecule has 0 aromatic carbocycles. The van der Waals surface area contributed by atoms with Crippen molar-refractivity contribution in [1.29, 1.82) is 0 Å². The molecule has 3 heterocycles. The number of hydrogen-bond donors (Lipinski definition) is 1. The summed E-state index contributed by atoms with van der Waals surface area (Å²) in [4.78, 5) is 16.8. The lowest BCUT2D eigenvalue weighted by molar-refractivity contribution is 0.0645. The Morgan fingerprint density at radius 2 is 2.39 bits per heavy atom. The molecule has 1 N–H and O–H groups in total. The van der Waals surface area contributed by atoms with Crippen molar-refractivity contribution >= 4 is 17.2 Å². The predicted octanol–water partition coefficient (Wildman–Crippen LogP) is 3.94. The monoisotopic (exact) mass is 333 g/mol. The molecule has 1 saturated heterocycles. The second kappa shape index (κ2) is 6.89. The van der Waals surface area contributed by atoms with E-state index in [0.29, 0.717) is 12.2 Å². The number of aryl methyl sites for hydroxylation is 2. The summed E-state index contributed by atoms with van der Waals surface area (Å²) in [6, 6.07) is 5.66. The highest BCUT2D eigenvalue weighted by molar-refractivity contribution is 7.14. The van der Waals surface area contributed by atoms with Gasteiger partial charge in [0.2, 0.25) is 0 Å². The number of aliphatic hydroxyl groups excluding tert-OH is 1. The van der Waals surface area contributed by atoms with Crippen LogP contribution >= 0.6 is 11.3 Å². The molecular formula is C18H23NO3S. The van der Waals surface area contributed by atoms with E-state index in [9.17, 15) is 9.90 Å². The maximum atomic E-state index is 12.8. The van der Waals surface area contributed by atoms with Crippen molar-refractivity contribution in [1.82, 2.24) is 4.90 Å². The van der Waals surface area contributed by atoms with Gasteiger partial charge in [-0.2, -0.15) is 0 Å². The minimum Gasteiger partial charge on any atom is -0.467 e. The molecule has 0 spiro atoms. The van der Waals surface area contributed by atoms with Crippen LogP contribution in [0.15, 0.2) is 28.9 Å². The van der Waals surface area contributed by atoms with Crippen molar-refractivity contribution in [3.05, 3.63) is 45.5 Å². The van der Waals surface area contributed by atoms with Crippen LogP contribution in [0.3, 0.4) is 0 Å². The molecule has 5 heteroatoms. The van der Waals surface area contributed by atoms with Gasteiger partial charge >= 0.3 is 0 Å². The Kier molecular flexibility index (Phi) is 4.87. The number of nitrogens with zero attached hydrogens (tertiary/aromatic N) is 1. The molecule has 3 rings (SSSR count). The van der Waals surface area contributed by atoms with Crippen LogP contribution in [0.1, 0.15) is 58.2 Å². The van der Waals surface area contributed by atoms with Gasteiger partial charge in [-0.05, 0) is 49.9 Å². The summed E-state index contributed by atoms with van der Waals surface area (Å²) < 4.78 is 5.27. The fraction of sp³-hybridized carbons (Fsp3) is 0.500. The minimum absolute atomic E-state index is 0.0788. The molecule has 23 heavy (non-hydrogen) atoms. The van der Waals surface area contributed by atoms with Gasteiger partial charge in [0, 0.05) is 23.9 Å². The lowest BCUT2D eigenvalue weighted by Gasteiger charge is -2.25. The first-order valence-electron chi connectivity index (χ1n) is 8.22. The zero-order valence-electron chi connectivity index (χ0n) is 13.6. The van der Waals surface area contributed by atoms with E-state index >= 15 is 0 Å². The molecule has 1 aliphatic heterocycles.